The van der Waals surface area contributed by atoms with Crippen LogP contribution in [0.3, 0.4) is 0 Å². The van der Waals surface area contributed by atoms with Crippen molar-refractivity contribution < 1.29 is 14.7 Å². The van der Waals surface area contributed by atoms with Crippen molar-refractivity contribution in [2.75, 3.05) is 12.3 Å². The summed E-state index contributed by atoms with van der Waals surface area (Å²) in [5, 5.41) is 11.8. The van der Waals surface area contributed by atoms with Crippen molar-refractivity contribution in [2.24, 2.45) is 11.8 Å². The Balaban J connectivity index is 1.89. The molecule has 2 rings (SSSR count). The molecule has 1 saturated heterocycles. The lowest BCUT2D eigenvalue weighted by Crippen LogP contribution is -2.49. The van der Waals surface area contributed by atoms with Crippen LogP contribution in [0, 0.1) is 11.8 Å². The molecule has 0 radical (unpaired) electrons. The summed E-state index contributed by atoms with van der Waals surface area (Å²) in [5.41, 5.74) is 0. The number of aliphatic carboxylic acids is 1. The standard InChI is InChI=1S/C11H18N2O3S/c1-6-3-8(6)4-12-11(16)13-7(2)17-5-9(13)10(14)15/h6-9H,3-5H2,1-2H3,(H,12,16)(H,14,15). The van der Waals surface area contributed by atoms with Gasteiger partial charge in [-0.3, -0.25) is 4.90 Å². The predicted octanol–water partition coefficient (Wildman–Crippen LogP) is 1.20. The Bertz CT molecular complexity index is 337. The molecule has 0 aromatic rings. The van der Waals surface area contributed by atoms with Crippen LogP contribution in [0.1, 0.15) is 20.3 Å². The van der Waals surface area contributed by atoms with E-state index in [1.165, 1.54) is 16.7 Å². The highest BCUT2D eigenvalue weighted by molar-refractivity contribution is 8.00. The molecule has 1 heterocycles. The summed E-state index contributed by atoms with van der Waals surface area (Å²) >= 11 is 1.50. The second kappa shape index (κ2) is 4.76. The molecule has 5 nitrogen and oxygen atoms in total. The first-order chi connectivity index (χ1) is 8.00. The number of carboxylic acid groups (broad SMARTS) is 1. The number of nitrogens with zero attached hydrogens (tertiary/aromatic N) is 1. The van der Waals surface area contributed by atoms with E-state index in [1.807, 2.05) is 6.92 Å². The van der Waals surface area contributed by atoms with Crippen molar-refractivity contribution in [3.8, 4) is 0 Å². The van der Waals surface area contributed by atoms with Gasteiger partial charge in [-0.05, 0) is 25.2 Å². The number of amides is 2. The van der Waals surface area contributed by atoms with E-state index in [0.29, 0.717) is 24.1 Å². The van der Waals surface area contributed by atoms with Crippen molar-refractivity contribution >= 4 is 23.8 Å². The van der Waals surface area contributed by atoms with Crippen LogP contribution in [0.25, 0.3) is 0 Å². The minimum atomic E-state index is -0.920. The molecule has 4 unspecified atom stereocenters. The van der Waals surface area contributed by atoms with Crippen molar-refractivity contribution in [1.82, 2.24) is 10.2 Å². The normalized spacial score (nSPS) is 35.8. The van der Waals surface area contributed by atoms with Gasteiger partial charge < -0.3 is 10.4 Å². The van der Waals surface area contributed by atoms with E-state index in [4.69, 9.17) is 5.11 Å². The van der Waals surface area contributed by atoms with Gasteiger partial charge >= 0.3 is 12.0 Å². The molecule has 6 heteroatoms. The maximum absolute atomic E-state index is 11.9. The molecule has 17 heavy (non-hydrogen) atoms. The van der Waals surface area contributed by atoms with Crippen molar-refractivity contribution in [3.05, 3.63) is 0 Å². The average molecular weight is 258 g/mol. The SMILES string of the molecule is CC1CC1CNC(=O)N1C(C)SCC1C(=O)O. The Hall–Kier alpha value is -0.910. The van der Waals surface area contributed by atoms with Gasteiger partial charge in [0, 0.05) is 12.3 Å². The zero-order chi connectivity index (χ0) is 12.6. The number of hydrogen-bond donors (Lipinski definition) is 2. The van der Waals surface area contributed by atoms with Crippen LogP contribution in [-0.2, 0) is 4.79 Å². The molecule has 2 amide bonds. The van der Waals surface area contributed by atoms with E-state index in [-0.39, 0.29) is 11.4 Å². The smallest absolute Gasteiger partial charge is 0.327 e. The molecular weight excluding hydrogens is 240 g/mol. The molecule has 0 aromatic carbocycles. The third-order valence-corrected chi connectivity index (χ3v) is 4.75. The summed E-state index contributed by atoms with van der Waals surface area (Å²) in [6.07, 6.45) is 1.16. The fourth-order valence-corrected chi connectivity index (χ4v) is 3.30. The molecule has 4 atom stereocenters. The lowest BCUT2D eigenvalue weighted by atomic mass is 10.3. The van der Waals surface area contributed by atoms with E-state index in [1.54, 1.807) is 0 Å². The van der Waals surface area contributed by atoms with Gasteiger partial charge in [0.1, 0.15) is 6.04 Å². The molecule has 0 spiro atoms. The summed E-state index contributed by atoms with van der Waals surface area (Å²) < 4.78 is 0. The van der Waals surface area contributed by atoms with Crippen molar-refractivity contribution in [3.63, 3.8) is 0 Å². The van der Waals surface area contributed by atoms with Gasteiger partial charge in [0.15, 0.2) is 0 Å². The Morgan fingerprint density at radius 3 is 2.65 bits per heavy atom. The van der Waals surface area contributed by atoms with E-state index in [9.17, 15) is 9.59 Å². The van der Waals surface area contributed by atoms with E-state index >= 15 is 0 Å². The summed E-state index contributed by atoms with van der Waals surface area (Å²) in [6, 6.07) is -0.930. The average Bonchev–Trinajstić information content (AvgIpc) is 2.81. The van der Waals surface area contributed by atoms with Crippen LogP contribution in [0.4, 0.5) is 4.79 Å². The largest absolute Gasteiger partial charge is 0.480 e. The molecule has 96 valence electrons. The number of carbonyl (C=O) groups excluding carboxylic acids is 1. The Morgan fingerprint density at radius 2 is 2.12 bits per heavy atom. The first-order valence-electron chi connectivity index (χ1n) is 5.91. The second-order valence-corrected chi connectivity index (χ2v) is 6.20. The number of urea groups is 1. The zero-order valence-electron chi connectivity index (χ0n) is 10.0. The summed E-state index contributed by atoms with van der Waals surface area (Å²) in [6.45, 7) is 4.69. The number of thioether (sulfide) groups is 1. The minimum Gasteiger partial charge on any atom is -0.480 e. The van der Waals surface area contributed by atoms with Crippen LogP contribution in [0.15, 0.2) is 0 Å². The number of rotatable bonds is 3. The van der Waals surface area contributed by atoms with Crippen LogP contribution < -0.4 is 5.32 Å². The lowest BCUT2D eigenvalue weighted by Gasteiger charge is -2.25. The van der Waals surface area contributed by atoms with Crippen LogP contribution >= 0.6 is 11.8 Å². The molecular formula is C11H18N2O3S. The Labute approximate surface area is 105 Å². The first-order valence-corrected chi connectivity index (χ1v) is 6.96. The lowest BCUT2D eigenvalue weighted by molar-refractivity contribution is -0.141. The van der Waals surface area contributed by atoms with E-state index < -0.39 is 12.0 Å². The fourth-order valence-electron chi connectivity index (χ4n) is 2.13. The fraction of sp³-hybridized carbons (Fsp3) is 0.818. The van der Waals surface area contributed by atoms with Gasteiger partial charge in [0.2, 0.25) is 0 Å². The monoisotopic (exact) mass is 258 g/mol. The molecule has 0 bridgehead atoms. The van der Waals surface area contributed by atoms with Gasteiger partial charge in [-0.2, -0.15) is 0 Å². The van der Waals surface area contributed by atoms with Gasteiger partial charge in [-0.25, -0.2) is 9.59 Å². The van der Waals surface area contributed by atoms with Gasteiger partial charge in [0.25, 0.3) is 0 Å². The highest BCUT2D eigenvalue weighted by atomic mass is 32.2. The Morgan fingerprint density at radius 1 is 1.47 bits per heavy atom. The van der Waals surface area contributed by atoms with Crippen molar-refractivity contribution in [1.29, 1.82) is 0 Å². The summed E-state index contributed by atoms with van der Waals surface area (Å²) in [4.78, 5) is 24.4. The molecule has 1 aliphatic carbocycles. The van der Waals surface area contributed by atoms with Gasteiger partial charge in [-0.15, -0.1) is 11.8 Å². The maximum Gasteiger partial charge on any atom is 0.327 e. The van der Waals surface area contributed by atoms with Gasteiger partial charge in [0.05, 0.1) is 5.37 Å². The van der Waals surface area contributed by atoms with Gasteiger partial charge in [-0.1, -0.05) is 6.92 Å². The molecule has 1 aliphatic heterocycles. The maximum atomic E-state index is 11.9. The highest BCUT2D eigenvalue weighted by Gasteiger charge is 2.40. The van der Waals surface area contributed by atoms with Crippen LogP contribution in [-0.4, -0.2) is 45.7 Å². The second-order valence-electron chi connectivity index (χ2n) is 4.85. The molecule has 2 N–H and O–H groups in total. The van der Waals surface area contributed by atoms with Crippen molar-refractivity contribution in [2.45, 2.75) is 31.7 Å². The number of carboxylic acids is 1. The highest BCUT2D eigenvalue weighted by Crippen LogP contribution is 2.37. The first kappa shape index (κ1) is 12.5. The third-order valence-electron chi connectivity index (χ3n) is 3.53. The van der Waals surface area contributed by atoms with E-state index in [0.717, 1.165) is 6.42 Å². The number of nitrogens with one attached hydrogen (secondary N) is 1. The number of hydrogen-bond acceptors (Lipinski definition) is 3. The third kappa shape index (κ3) is 2.68. The van der Waals surface area contributed by atoms with E-state index in [2.05, 4.69) is 12.2 Å². The Kier molecular flexibility index (Phi) is 3.51. The zero-order valence-corrected chi connectivity index (χ0v) is 10.9. The quantitative estimate of drug-likeness (QED) is 0.798. The molecule has 1 saturated carbocycles. The molecule has 2 fully saturated rings. The predicted molar refractivity (Wildman–Crippen MR) is 65.9 cm³/mol. The topological polar surface area (TPSA) is 69.6 Å². The summed E-state index contributed by atoms with van der Waals surface area (Å²) in [7, 11) is 0. The number of carbonyl (C=O) groups is 2. The molecule has 2 aliphatic rings. The summed E-state index contributed by atoms with van der Waals surface area (Å²) in [5.74, 6) is 0.824. The van der Waals surface area contributed by atoms with Crippen LogP contribution in [0.2, 0.25) is 0 Å². The minimum absolute atomic E-state index is 0.0623. The van der Waals surface area contributed by atoms with Crippen LogP contribution in [0.5, 0.6) is 0 Å². The molecule has 0 aromatic heterocycles.